The molecule has 0 saturated heterocycles. The van der Waals surface area contributed by atoms with Crippen molar-refractivity contribution in [3.8, 4) is 5.75 Å². The fraction of sp³-hybridized carbons (Fsp3) is 0.0588. The maximum absolute atomic E-state index is 10.6. The van der Waals surface area contributed by atoms with Gasteiger partial charge in [0.15, 0.2) is 0 Å². The van der Waals surface area contributed by atoms with Crippen LogP contribution in [0, 0.1) is 6.92 Å². The molecule has 3 aromatic carbocycles. The van der Waals surface area contributed by atoms with Crippen LogP contribution in [0.4, 0.5) is 11.4 Å². The zero-order chi connectivity index (χ0) is 15.5. The van der Waals surface area contributed by atoms with Gasteiger partial charge in [0, 0.05) is 11.4 Å². The van der Waals surface area contributed by atoms with E-state index in [4.69, 9.17) is 4.18 Å². The third kappa shape index (κ3) is 3.38. The van der Waals surface area contributed by atoms with Crippen LogP contribution in [-0.4, -0.2) is 8.42 Å². The standard InChI is InChI=1S/C17H15NO3S/c1-12-2-6-15(7-3-12)18-16-8-4-14-11-17(21-22(19)20)9-5-13(14)10-16/h2-11,18,22H,1H3. The Kier molecular flexibility index (Phi) is 3.98. The highest BCUT2D eigenvalue weighted by Crippen LogP contribution is 2.25. The van der Waals surface area contributed by atoms with Gasteiger partial charge in [0.05, 0.1) is 0 Å². The lowest BCUT2D eigenvalue weighted by Gasteiger charge is -2.08. The summed E-state index contributed by atoms with van der Waals surface area (Å²) in [5.41, 5.74) is 3.21. The molecule has 0 radical (unpaired) electrons. The highest BCUT2D eigenvalue weighted by atomic mass is 32.2. The summed E-state index contributed by atoms with van der Waals surface area (Å²) in [6.45, 7) is 2.05. The molecule has 0 aliphatic heterocycles. The van der Waals surface area contributed by atoms with E-state index in [0.717, 1.165) is 22.1 Å². The molecule has 0 spiro atoms. The zero-order valence-corrected chi connectivity index (χ0v) is 12.8. The molecule has 0 unspecified atom stereocenters. The summed E-state index contributed by atoms with van der Waals surface area (Å²) < 4.78 is 25.9. The summed E-state index contributed by atoms with van der Waals surface area (Å²) in [6.07, 6.45) is 0. The maximum Gasteiger partial charge on any atom is 0.299 e. The second-order valence-electron chi connectivity index (χ2n) is 5.03. The molecule has 3 aromatic rings. The normalized spacial score (nSPS) is 10.8. The van der Waals surface area contributed by atoms with Gasteiger partial charge in [0.25, 0.3) is 11.0 Å². The Bertz CT molecular complexity index is 878. The Labute approximate surface area is 130 Å². The average Bonchev–Trinajstić information content (AvgIpc) is 2.49. The SMILES string of the molecule is Cc1ccc(Nc2ccc3cc(O[SH](=O)=O)ccc3c2)cc1. The van der Waals surface area contributed by atoms with Crippen molar-refractivity contribution in [1.29, 1.82) is 0 Å². The van der Waals surface area contributed by atoms with Crippen molar-refractivity contribution < 1.29 is 12.6 Å². The molecule has 0 fully saturated rings. The first-order valence-electron chi connectivity index (χ1n) is 6.80. The molecular weight excluding hydrogens is 298 g/mol. The van der Waals surface area contributed by atoms with Crippen molar-refractivity contribution in [3.05, 3.63) is 66.2 Å². The third-order valence-corrected chi connectivity index (χ3v) is 3.69. The number of hydrogen-bond acceptors (Lipinski definition) is 4. The number of aryl methyl sites for hydroxylation is 1. The number of fused-ring (bicyclic) bond motifs is 1. The largest absolute Gasteiger partial charge is 0.384 e. The molecule has 0 aliphatic carbocycles. The van der Waals surface area contributed by atoms with Gasteiger partial charge in [-0.05, 0) is 54.1 Å². The summed E-state index contributed by atoms with van der Waals surface area (Å²) in [4.78, 5) is 0. The maximum atomic E-state index is 10.6. The minimum absolute atomic E-state index is 0.322. The van der Waals surface area contributed by atoms with Crippen LogP contribution in [0.25, 0.3) is 10.8 Å². The molecule has 4 nitrogen and oxygen atoms in total. The Balaban J connectivity index is 1.88. The van der Waals surface area contributed by atoms with Gasteiger partial charge >= 0.3 is 0 Å². The van der Waals surface area contributed by atoms with E-state index in [1.807, 2.05) is 36.4 Å². The van der Waals surface area contributed by atoms with Gasteiger partial charge in [-0.15, -0.1) is 0 Å². The van der Waals surface area contributed by atoms with Crippen LogP contribution < -0.4 is 9.50 Å². The average molecular weight is 313 g/mol. The van der Waals surface area contributed by atoms with E-state index in [0.29, 0.717) is 5.75 Å². The Morgan fingerprint density at radius 1 is 0.818 bits per heavy atom. The fourth-order valence-corrected chi connectivity index (χ4v) is 2.53. The smallest absolute Gasteiger partial charge is 0.299 e. The molecule has 0 aromatic heterocycles. The van der Waals surface area contributed by atoms with Gasteiger partial charge in [-0.2, -0.15) is 8.42 Å². The predicted molar refractivity (Wildman–Crippen MR) is 89.4 cm³/mol. The summed E-state index contributed by atoms with van der Waals surface area (Å²) in [6, 6.07) is 19.2. The highest BCUT2D eigenvalue weighted by Gasteiger charge is 2.01. The van der Waals surface area contributed by atoms with Gasteiger partial charge in [0.2, 0.25) is 0 Å². The molecule has 0 heterocycles. The van der Waals surface area contributed by atoms with E-state index in [1.54, 1.807) is 12.1 Å². The predicted octanol–water partition coefficient (Wildman–Crippen LogP) is 3.80. The third-order valence-electron chi connectivity index (χ3n) is 3.33. The Morgan fingerprint density at radius 2 is 1.45 bits per heavy atom. The van der Waals surface area contributed by atoms with Gasteiger partial charge in [0.1, 0.15) is 5.75 Å². The lowest BCUT2D eigenvalue weighted by atomic mass is 10.1. The van der Waals surface area contributed by atoms with E-state index in [-0.39, 0.29) is 0 Å². The number of rotatable bonds is 4. The van der Waals surface area contributed by atoms with Crippen molar-refractivity contribution in [2.24, 2.45) is 0 Å². The Hall–Kier alpha value is -2.53. The number of hydrogen-bond donors (Lipinski definition) is 2. The van der Waals surface area contributed by atoms with Crippen LogP contribution in [0.15, 0.2) is 60.7 Å². The molecule has 0 aliphatic rings. The summed E-state index contributed by atoms with van der Waals surface area (Å²) >= 11 is 0. The zero-order valence-electron chi connectivity index (χ0n) is 11.9. The first kappa shape index (κ1) is 14.4. The second kappa shape index (κ2) is 6.07. The molecule has 22 heavy (non-hydrogen) atoms. The topological polar surface area (TPSA) is 55.4 Å². The summed E-state index contributed by atoms with van der Waals surface area (Å²) in [7, 11) is -2.89. The summed E-state index contributed by atoms with van der Waals surface area (Å²) in [5, 5.41) is 5.27. The van der Waals surface area contributed by atoms with Gasteiger partial charge in [-0.25, -0.2) is 0 Å². The fourth-order valence-electron chi connectivity index (χ4n) is 2.25. The number of benzene rings is 3. The number of nitrogens with one attached hydrogen (secondary N) is 1. The van der Waals surface area contributed by atoms with E-state index >= 15 is 0 Å². The van der Waals surface area contributed by atoms with E-state index in [2.05, 4.69) is 24.4 Å². The molecule has 112 valence electrons. The van der Waals surface area contributed by atoms with Crippen LogP contribution in [0.3, 0.4) is 0 Å². The van der Waals surface area contributed by atoms with Crippen LogP contribution in [0.2, 0.25) is 0 Å². The molecule has 0 bridgehead atoms. The molecule has 0 amide bonds. The highest BCUT2D eigenvalue weighted by molar-refractivity contribution is 7.67. The lowest BCUT2D eigenvalue weighted by molar-refractivity contribution is 0.511. The molecule has 5 heteroatoms. The molecule has 3 rings (SSSR count). The van der Waals surface area contributed by atoms with E-state index in [1.165, 1.54) is 5.56 Å². The van der Waals surface area contributed by atoms with E-state index in [9.17, 15) is 8.42 Å². The van der Waals surface area contributed by atoms with Crippen LogP contribution in [-0.2, 0) is 11.0 Å². The van der Waals surface area contributed by atoms with Gasteiger partial charge < -0.3 is 9.50 Å². The minimum Gasteiger partial charge on any atom is -0.384 e. The van der Waals surface area contributed by atoms with Crippen molar-refractivity contribution in [1.82, 2.24) is 0 Å². The second-order valence-corrected chi connectivity index (χ2v) is 5.66. The molecule has 1 N–H and O–H groups in total. The van der Waals surface area contributed by atoms with Crippen LogP contribution in [0.1, 0.15) is 5.56 Å². The first-order valence-corrected chi connectivity index (χ1v) is 7.89. The molecule has 0 atom stereocenters. The van der Waals surface area contributed by atoms with E-state index < -0.39 is 11.0 Å². The van der Waals surface area contributed by atoms with Crippen LogP contribution in [0.5, 0.6) is 5.75 Å². The number of anilines is 2. The van der Waals surface area contributed by atoms with Crippen molar-refractivity contribution in [2.45, 2.75) is 6.92 Å². The Morgan fingerprint density at radius 3 is 2.18 bits per heavy atom. The quantitative estimate of drug-likeness (QED) is 0.719. The van der Waals surface area contributed by atoms with Crippen molar-refractivity contribution >= 4 is 33.1 Å². The van der Waals surface area contributed by atoms with Crippen LogP contribution >= 0.6 is 0 Å². The monoisotopic (exact) mass is 313 g/mol. The van der Waals surface area contributed by atoms with Gasteiger partial charge in [-0.1, -0.05) is 29.8 Å². The molecular formula is C17H15NO3S. The first-order chi connectivity index (χ1) is 10.6. The minimum atomic E-state index is -2.89. The summed E-state index contributed by atoms with van der Waals surface area (Å²) in [5.74, 6) is 0.322. The molecule has 0 saturated carbocycles. The van der Waals surface area contributed by atoms with Crippen molar-refractivity contribution in [2.75, 3.05) is 5.32 Å². The van der Waals surface area contributed by atoms with Crippen molar-refractivity contribution in [3.63, 3.8) is 0 Å². The lowest BCUT2D eigenvalue weighted by Crippen LogP contribution is -1.91. The van der Waals surface area contributed by atoms with Gasteiger partial charge in [-0.3, -0.25) is 0 Å². The number of thiol groups is 1.